The Morgan fingerprint density at radius 1 is 1.21 bits per heavy atom. The van der Waals surface area contributed by atoms with Crippen LogP contribution in [0.5, 0.6) is 5.75 Å². The number of carbonyl (C=O) groups is 1. The van der Waals surface area contributed by atoms with Crippen LogP contribution in [0.25, 0.3) is 11.6 Å². The molecule has 1 amide bonds. The fourth-order valence-electron chi connectivity index (χ4n) is 3.87. The number of fused-ring (bicyclic) bond motifs is 1. The fourth-order valence-corrected chi connectivity index (χ4v) is 3.87. The van der Waals surface area contributed by atoms with E-state index in [2.05, 4.69) is 0 Å². The summed E-state index contributed by atoms with van der Waals surface area (Å²) in [5.74, 6) is -0.848. The number of carbonyl (C=O) groups excluding carboxylic acids is 1. The van der Waals surface area contributed by atoms with Crippen LogP contribution in [0.4, 0.5) is 5.69 Å². The topological polar surface area (TPSA) is 85.0 Å². The average molecular weight is 380 g/mol. The molecule has 2 aliphatic heterocycles. The van der Waals surface area contributed by atoms with Crippen molar-refractivity contribution in [2.45, 2.75) is 19.1 Å². The smallest absolute Gasteiger partial charge is 0.258 e. The molecule has 2 aliphatic rings. The number of phenols is 1. The summed E-state index contributed by atoms with van der Waals surface area (Å²) in [6.45, 7) is 3.39. The summed E-state index contributed by atoms with van der Waals surface area (Å²) in [5.41, 5.74) is 10.4. The van der Waals surface area contributed by atoms with Gasteiger partial charge in [-0.2, -0.15) is 0 Å². The number of nitrogens with two attached hydrogens (primary N) is 1. The van der Waals surface area contributed by atoms with Crippen molar-refractivity contribution in [1.29, 1.82) is 0 Å². The standard InChI is InChI=1S/C22H24N2O4/c1-14-3-6-20(25)15(11-14)12-18-17-13-16(4-5-19(17)24(2)21(18)26)22(7-8-23)27-9-10-28-22/h3-6,11-13,25H,7-10,23H2,1-2H3/b18-12-. The molecule has 2 heterocycles. The van der Waals surface area contributed by atoms with Crippen molar-refractivity contribution in [3.63, 3.8) is 0 Å². The maximum atomic E-state index is 12.9. The zero-order valence-corrected chi connectivity index (χ0v) is 16.1. The van der Waals surface area contributed by atoms with E-state index in [1.54, 1.807) is 24.1 Å². The Morgan fingerprint density at radius 3 is 2.68 bits per heavy atom. The molecule has 0 aliphatic carbocycles. The number of rotatable bonds is 4. The SMILES string of the molecule is Cc1ccc(O)c(/C=C2\C(=O)N(C)c3ccc(C4(CCN)OCCO4)cc32)c1. The highest BCUT2D eigenvalue weighted by atomic mass is 16.7. The number of anilines is 1. The van der Waals surface area contributed by atoms with Gasteiger partial charge in [-0.05, 0) is 43.8 Å². The summed E-state index contributed by atoms with van der Waals surface area (Å²) in [4.78, 5) is 14.5. The van der Waals surface area contributed by atoms with Crippen LogP contribution in [0, 0.1) is 6.92 Å². The van der Waals surface area contributed by atoms with E-state index in [4.69, 9.17) is 15.2 Å². The summed E-state index contributed by atoms with van der Waals surface area (Å²) in [5, 5.41) is 10.2. The van der Waals surface area contributed by atoms with Crippen LogP contribution in [0.15, 0.2) is 36.4 Å². The summed E-state index contributed by atoms with van der Waals surface area (Å²) in [6.07, 6.45) is 2.27. The molecule has 6 nitrogen and oxygen atoms in total. The highest BCUT2D eigenvalue weighted by Gasteiger charge is 2.40. The van der Waals surface area contributed by atoms with E-state index in [1.807, 2.05) is 37.3 Å². The molecule has 0 radical (unpaired) electrons. The molecule has 0 aromatic heterocycles. The predicted octanol–water partition coefficient (Wildman–Crippen LogP) is 2.77. The minimum atomic E-state index is -0.870. The molecule has 28 heavy (non-hydrogen) atoms. The van der Waals surface area contributed by atoms with Crippen LogP contribution in [0.3, 0.4) is 0 Å². The van der Waals surface area contributed by atoms with Crippen molar-refractivity contribution in [1.82, 2.24) is 0 Å². The summed E-state index contributed by atoms with van der Waals surface area (Å²) < 4.78 is 11.8. The third-order valence-electron chi connectivity index (χ3n) is 5.33. The lowest BCUT2D eigenvalue weighted by Gasteiger charge is -2.28. The van der Waals surface area contributed by atoms with E-state index < -0.39 is 5.79 Å². The molecule has 0 unspecified atom stereocenters. The molecule has 0 spiro atoms. The molecule has 3 N–H and O–H groups in total. The second kappa shape index (κ2) is 7.05. The van der Waals surface area contributed by atoms with E-state index in [9.17, 15) is 9.90 Å². The number of amides is 1. The Balaban J connectivity index is 1.84. The monoisotopic (exact) mass is 380 g/mol. The second-order valence-electron chi connectivity index (χ2n) is 7.20. The van der Waals surface area contributed by atoms with E-state index in [0.717, 1.165) is 22.4 Å². The Kier molecular flexibility index (Phi) is 4.71. The highest BCUT2D eigenvalue weighted by Crippen LogP contribution is 2.42. The van der Waals surface area contributed by atoms with Gasteiger partial charge in [0.05, 0.1) is 18.9 Å². The molecule has 1 fully saturated rings. The molecule has 0 bridgehead atoms. The van der Waals surface area contributed by atoms with Crippen LogP contribution in [0.2, 0.25) is 0 Å². The largest absolute Gasteiger partial charge is 0.507 e. The molecule has 6 heteroatoms. The quantitative estimate of drug-likeness (QED) is 0.797. The third-order valence-corrected chi connectivity index (χ3v) is 5.33. The van der Waals surface area contributed by atoms with Gasteiger partial charge in [0.25, 0.3) is 5.91 Å². The normalized spacial score (nSPS) is 19.5. The lowest BCUT2D eigenvalue weighted by Crippen LogP contribution is -2.30. The molecule has 4 rings (SSSR count). The number of aromatic hydroxyl groups is 1. The van der Waals surface area contributed by atoms with Crippen LogP contribution in [-0.2, 0) is 20.1 Å². The first kappa shape index (κ1) is 18.7. The van der Waals surface area contributed by atoms with Gasteiger partial charge in [-0.3, -0.25) is 4.79 Å². The lowest BCUT2D eigenvalue weighted by atomic mass is 9.96. The van der Waals surface area contributed by atoms with E-state index >= 15 is 0 Å². The number of phenolic OH excluding ortho intramolecular Hbond substituents is 1. The maximum Gasteiger partial charge on any atom is 0.258 e. The number of hydrogen-bond acceptors (Lipinski definition) is 5. The number of hydrogen-bond donors (Lipinski definition) is 2. The van der Waals surface area contributed by atoms with Gasteiger partial charge in [0, 0.05) is 35.7 Å². The van der Waals surface area contributed by atoms with Gasteiger partial charge in [0.15, 0.2) is 5.79 Å². The van der Waals surface area contributed by atoms with Gasteiger partial charge in [-0.1, -0.05) is 17.7 Å². The van der Waals surface area contributed by atoms with E-state index in [0.29, 0.717) is 37.3 Å². The van der Waals surface area contributed by atoms with Crippen molar-refractivity contribution in [3.05, 3.63) is 58.7 Å². The van der Waals surface area contributed by atoms with Crippen molar-refractivity contribution in [2.75, 3.05) is 31.7 Å². The van der Waals surface area contributed by atoms with Crippen LogP contribution < -0.4 is 10.6 Å². The molecule has 2 aromatic carbocycles. The van der Waals surface area contributed by atoms with Gasteiger partial charge in [0.2, 0.25) is 0 Å². The fraction of sp³-hybridized carbons (Fsp3) is 0.318. The summed E-state index contributed by atoms with van der Waals surface area (Å²) in [7, 11) is 1.75. The molecule has 0 atom stereocenters. The van der Waals surface area contributed by atoms with E-state index in [-0.39, 0.29) is 11.7 Å². The first-order valence-electron chi connectivity index (χ1n) is 9.37. The molecule has 146 valence electrons. The van der Waals surface area contributed by atoms with Crippen molar-refractivity contribution < 1.29 is 19.4 Å². The van der Waals surface area contributed by atoms with Gasteiger partial charge in [-0.15, -0.1) is 0 Å². The minimum Gasteiger partial charge on any atom is -0.507 e. The Hall–Kier alpha value is -2.67. The van der Waals surface area contributed by atoms with Gasteiger partial charge >= 0.3 is 0 Å². The number of likely N-dealkylation sites (N-methyl/N-ethyl adjacent to an activating group) is 1. The third kappa shape index (κ3) is 2.99. The highest BCUT2D eigenvalue weighted by molar-refractivity contribution is 6.35. The van der Waals surface area contributed by atoms with Crippen molar-refractivity contribution in [2.24, 2.45) is 5.73 Å². The average Bonchev–Trinajstić information content (AvgIpc) is 3.25. The number of ether oxygens (including phenoxy) is 2. The molecule has 1 saturated heterocycles. The zero-order chi connectivity index (χ0) is 19.9. The Morgan fingerprint density at radius 2 is 1.96 bits per heavy atom. The van der Waals surface area contributed by atoms with Gasteiger partial charge in [0.1, 0.15) is 5.75 Å². The zero-order valence-electron chi connectivity index (χ0n) is 16.1. The summed E-state index contributed by atoms with van der Waals surface area (Å²) in [6, 6.07) is 11.1. The Bertz CT molecular complexity index is 961. The minimum absolute atomic E-state index is 0.116. The maximum absolute atomic E-state index is 12.9. The molecule has 2 aromatic rings. The molecule has 0 saturated carbocycles. The number of benzene rings is 2. The van der Waals surface area contributed by atoms with Crippen LogP contribution in [-0.4, -0.2) is 37.8 Å². The first-order chi connectivity index (χ1) is 13.4. The predicted molar refractivity (Wildman–Crippen MR) is 108 cm³/mol. The number of nitrogens with zero attached hydrogens (tertiary/aromatic N) is 1. The molecular weight excluding hydrogens is 356 g/mol. The van der Waals surface area contributed by atoms with Crippen LogP contribution >= 0.6 is 0 Å². The van der Waals surface area contributed by atoms with Crippen LogP contribution in [0.1, 0.15) is 28.7 Å². The van der Waals surface area contributed by atoms with Gasteiger partial charge in [-0.25, -0.2) is 0 Å². The lowest BCUT2D eigenvalue weighted by molar-refractivity contribution is -0.168. The van der Waals surface area contributed by atoms with E-state index in [1.165, 1.54) is 0 Å². The first-order valence-corrected chi connectivity index (χ1v) is 9.37. The summed E-state index contributed by atoms with van der Waals surface area (Å²) >= 11 is 0. The Labute approximate surface area is 164 Å². The van der Waals surface area contributed by atoms with Crippen molar-refractivity contribution in [3.8, 4) is 5.75 Å². The molecular formula is C22H24N2O4. The van der Waals surface area contributed by atoms with Crippen molar-refractivity contribution >= 4 is 23.2 Å². The second-order valence-corrected chi connectivity index (χ2v) is 7.20. The number of aryl methyl sites for hydroxylation is 1. The van der Waals surface area contributed by atoms with Gasteiger partial charge < -0.3 is 25.2 Å².